The van der Waals surface area contributed by atoms with Gasteiger partial charge in [-0.2, -0.15) is 0 Å². The zero-order valence-electron chi connectivity index (χ0n) is 11.2. The quantitative estimate of drug-likeness (QED) is 0.607. The molecule has 0 saturated heterocycles. The van der Waals surface area contributed by atoms with Crippen LogP contribution in [0.25, 0.3) is 0 Å². The Morgan fingerprint density at radius 3 is 2.13 bits per heavy atom. The molecule has 0 radical (unpaired) electrons. The van der Waals surface area contributed by atoms with Gasteiger partial charge in [0, 0.05) is 0 Å². The van der Waals surface area contributed by atoms with Crippen LogP contribution in [-0.2, 0) is 0 Å². The first-order valence-corrected chi connectivity index (χ1v) is 6.21. The van der Waals surface area contributed by atoms with Gasteiger partial charge in [0.1, 0.15) is 0 Å². The molecule has 0 aromatic carbocycles. The normalized spacial score (nSPS) is 24.2. The third-order valence-electron chi connectivity index (χ3n) is 3.73. The van der Waals surface area contributed by atoms with Crippen LogP contribution in [0.1, 0.15) is 48.0 Å². The summed E-state index contributed by atoms with van der Waals surface area (Å²) in [4.78, 5) is 0. The molecule has 0 saturated carbocycles. The summed E-state index contributed by atoms with van der Waals surface area (Å²) in [6.07, 6.45) is 8.42. The van der Waals surface area contributed by atoms with Crippen LogP contribution in [0.3, 0.4) is 0 Å². The maximum Gasteiger partial charge on any atom is -0.0135 e. The average Bonchev–Trinajstić information content (AvgIpc) is 2.15. The van der Waals surface area contributed by atoms with Gasteiger partial charge in [0.25, 0.3) is 0 Å². The molecule has 2 atom stereocenters. The van der Waals surface area contributed by atoms with E-state index in [2.05, 4.69) is 59.8 Å². The molecule has 0 heterocycles. The minimum Gasteiger partial charge on any atom is -0.0806 e. The van der Waals surface area contributed by atoms with Crippen molar-refractivity contribution in [2.75, 3.05) is 0 Å². The summed E-state index contributed by atoms with van der Waals surface area (Å²) in [7, 11) is 0. The average molecular weight is 206 g/mol. The summed E-state index contributed by atoms with van der Waals surface area (Å²) in [5, 5.41) is 0. The highest BCUT2D eigenvalue weighted by atomic mass is 14.3. The van der Waals surface area contributed by atoms with Crippen LogP contribution in [0, 0.1) is 23.2 Å². The van der Waals surface area contributed by atoms with E-state index in [-0.39, 0.29) is 0 Å². The van der Waals surface area contributed by atoms with Crippen molar-refractivity contribution < 1.29 is 0 Å². The molecule has 15 heavy (non-hydrogen) atoms. The van der Waals surface area contributed by atoms with Crippen molar-refractivity contribution in [2.24, 2.45) is 23.2 Å². The van der Waals surface area contributed by atoms with E-state index >= 15 is 0 Å². The van der Waals surface area contributed by atoms with Crippen molar-refractivity contribution in [2.45, 2.75) is 48.0 Å². The molecule has 0 fully saturated rings. The highest BCUT2D eigenvalue weighted by Crippen LogP contribution is 2.34. The van der Waals surface area contributed by atoms with Gasteiger partial charge < -0.3 is 0 Å². The molecular weight excluding hydrogens is 180 g/mol. The predicted octanol–water partition coefficient (Wildman–Crippen LogP) is 4.83. The van der Waals surface area contributed by atoms with Gasteiger partial charge in [0.05, 0.1) is 0 Å². The van der Waals surface area contributed by atoms with E-state index < -0.39 is 0 Å². The number of allylic oxidation sites excluding steroid dienone is 4. The maximum absolute atomic E-state index is 2.43. The Bertz CT molecular complexity index is 260. The maximum atomic E-state index is 2.43. The largest absolute Gasteiger partial charge is 0.0806 e. The molecule has 0 aliphatic heterocycles. The first kappa shape index (κ1) is 12.5. The second-order valence-corrected chi connectivity index (χ2v) is 6.27. The lowest BCUT2D eigenvalue weighted by atomic mass is 9.76. The van der Waals surface area contributed by atoms with E-state index in [1.165, 1.54) is 12.0 Å². The van der Waals surface area contributed by atoms with Gasteiger partial charge in [0.15, 0.2) is 0 Å². The molecule has 0 nitrogen and oxygen atoms in total. The Morgan fingerprint density at radius 1 is 1.20 bits per heavy atom. The smallest absolute Gasteiger partial charge is 0.0135 e. The fraction of sp³-hybridized carbons (Fsp3) is 0.733. The topological polar surface area (TPSA) is 0 Å². The number of rotatable bonds is 2. The van der Waals surface area contributed by atoms with Crippen LogP contribution in [0.4, 0.5) is 0 Å². The fourth-order valence-electron chi connectivity index (χ4n) is 2.08. The van der Waals surface area contributed by atoms with Crippen molar-refractivity contribution in [3.8, 4) is 0 Å². The summed E-state index contributed by atoms with van der Waals surface area (Å²) >= 11 is 0. The molecule has 0 spiro atoms. The highest BCUT2D eigenvalue weighted by molar-refractivity contribution is 5.28. The number of hydrogen-bond acceptors (Lipinski definition) is 0. The Morgan fingerprint density at radius 2 is 1.80 bits per heavy atom. The lowest BCUT2D eigenvalue weighted by molar-refractivity contribution is 0.321. The minimum atomic E-state index is 0.308. The SMILES string of the molecule is CC(C)C(C)C1C=CC(C(C)(C)C)=CC1. The van der Waals surface area contributed by atoms with Gasteiger partial charge in [-0.1, -0.05) is 59.8 Å². The van der Waals surface area contributed by atoms with Gasteiger partial charge in [-0.05, 0) is 35.2 Å². The van der Waals surface area contributed by atoms with Crippen LogP contribution in [0.15, 0.2) is 23.8 Å². The van der Waals surface area contributed by atoms with E-state index in [0.29, 0.717) is 5.41 Å². The van der Waals surface area contributed by atoms with E-state index in [0.717, 1.165) is 17.8 Å². The Kier molecular flexibility index (Phi) is 3.81. The van der Waals surface area contributed by atoms with Crippen molar-refractivity contribution in [3.05, 3.63) is 23.8 Å². The van der Waals surface area contributed by atoms with Crippen LogP contribution >= 0.6 is 0 Å². The third-order valence-corrected chi connectivity index (χ3v) is 3.73. The monoisotopic (exact) mass is 206 g/mol. The molecule has 0 aromatic heterocycles. The molecule has 0 heteroatoms. The van der Waals surface area contributed by atoms with Crippen molar-refractivity contribution >= 4 is 0 Å². The molecular formula is C15H26. The summed E-state index contributed by atoms with van der Waals surface area (Å²) in [6, 6.07) is 0. The van der Waals surface area contributed by atoms with Crippen LogP contribution in [0.5, 0.6) is 0 Å². The second-order valence-electron chi connectivity index (χ2n) is 6.27. The molecule has 86 valence electrons. The summed E-state index contributed by atoms with van der Waals surface area (Å²) in [5.74, 6) is 2.32. The van der Waals surface area contributed by atoms with Gasteiger partial charge in [-0.15, -0.1) is 0 Å². The Balaban J connectivity index is 2.64. The van der Waals surface area contributed by atoms with Gasteiger partial charge in [-0.25, -0.2) is 0 Å². The molecule has 1 rings (SSSR count). The van der Waals surface area contributed by atoms with Crippen molar-refractivity contribution in [3.63, 3.8) is 0 Å². The summed E-state index contributed by atoms with van der Waals surface area (Å²) < 4.78 is 0. The molecule has 2 unspecified atom stereocenters. The van der Waals surface area contributed by atoms with Gasteiger partial charge in [-0.3, -0.25) is 0 Å². The third kappa shape index (κ3) is 3.22. The Labute approximate surface area is 95.5 Å². The first-order valence-electron chi connectivity index (χ1n) is 6.21. The van der Waals surface area contributed by atoms with Crippen molar-refractivity contribution in [1.82, 2.24) is 0 Å². The standard InChI is InChI=1S/C15H26/c1-11(2)12(3)13-7-9-14(10-8-13)15(4,5)6/h7,9-13H,8H2,1-6H3. The van der Waals surface area contributed by atoms with Gasteiger partial charge >= 0.3 is 0 Å². The summed E-state index contributed by atoms with van der Waals surface area (Å²) in [6.45, 7) is 13.9. The first-order chi connectivity index (χ1) is 6.82. The lowest BCUT2D eigenvalue weighted by Crippen LogP contribution is -2.18. The van der Waals surface area contributed by atoms with E-state index in [9.17, 15) is 0 Å². The zero-order valence-corrected chi connectivity index (χ0v) is 11.2. The van der Waals surface area contributed by atoms with Crippen LogP contribution in [0.2, 0.25) is 0 Å². The van der Waals surface area contributed by atoms with Crippen LogP contribution in [-0.4, -0.2) is 0 Å². The molecule has 0 amide bonds. The number of hydrogen-bond donors (Lipinski definition) is 0. The minimum absolute atomic E-state index is 0.308. The molecule has 0 aromatic rings. The van der Waals surface area contributed by atoms with E-state index in [1.54, 1.807) is 0 Å². The molecule has 0 bridgehead atoms. The van der Waals surface area contributed by atoms with E-state index in [4.69, 9.17) is 0 Å². The Hall–Kier alpha value is -0.520. The second kappa shape index (κ2) is 4.55. The molecule has 1 aliphatic rings. The van der Waals surface area contributed by atoms with Gasteiger partial charge in [0.2, 0.25) is 0 Å². The van der Waals surface area contributed by atoms with Crippen LogP contribution < -0.4 is 0 Å². The van der Waals surface area contributed by atoms with Crippen molar-refractivity contribution in [1.29, 1.82) is 0 Å². The fourth-order valence-corrected chi connectivity index (χ4v) is 2.08. The lowest BCUT2D eigenvalue weighted by Gasteiger charge is -2.29. The summed E-state index contributed by atoms with van der Waals surface area (Å²) in [5.41, 5.74) is 1.80. The van der Waals surface area contributed by atoms with E-state index in [1.807, 2.05) is 0 Å². The molecule has 1 aliphatic carbocycles. The zero-order chi connectivity index (χ0) is 11.6. The highest BCUT2D eigenvalue weighted by Gasteiger charge is 2.22. The molecule has 0 N–H and O–H groups in total. The predicted molar refractivity (Wildman–Crippen MR) is 68.8 cm³/mol.